The van der Waals surface area contributed by atoms with Crippen molar-refractivity contribution in [3.63, 3.8) is 0 Å². The molecule has 5 heteroatoms. The van der Waals surface area contributed by atoms with E-state index in [1.54, 1.807) is 43.3 Å². The number of fused-ring (bicyclic) bond motifs is 1. The number of allylic oxidation sites excluding steroid dienone is 3. The summed E-state index contributed by atoms with van der Waals surface area (Å²) in [7, 11) is 0. The van der Waals surface area contributed by atoms with Crippen molar-refractivity contribution in [2.45, 2.75) is 13.5 Å². The molecular weight excluding hydrogens is 403 g/mol. The molecule has 0 saturated carbocycles. The molecule has 1 aliphatic rings. The van der Waals surface area contributed by atoms with Crippen LogP contribution < -0.4 is 9.47 Å². The number of Topliss-reactive ketones (excluding diaryl/α,β-unsaturated/α-hetero) is 1. The topological polar surface area (TPSA) is 35.5 Å². The van der Waals surface area contributed by atoms with Crippen molar-refractivity contribution < 1.29 is 18.7 Å². The number of carbonyl (C=O) groups excluding carboxylic acids is 1. The van der Waals surface area contributed by atoms with Crippen LogP contribution in [-0.2, 0) is 6.61 Å². The Morgan fingerprint density at radius 3 is 2.63 bits per heavy atom. The van der Waals surface area contributed by atoms with Crippen LogP contribution in [-0.4, -0.2) is 5.78 Å². The maximum atomic E-state index is 14.0. The van der Waals surface area contributed by atoms with Crippen LogP contribution in [0.4, 0.5) is 4.39 Å². The van der Waals surface area contributed by atoms with Crippen LogP contribution in [0.2, 0.25) is 5.02 Å². The van der Waals surface area contributed by atoms with E-state index < -0.39 is 5.82 Å². The Balaban J connectivity index is 1.53. The Bertz CT molecular complexity index is 1150. The van der Waals surface area contributed by atoms with Gasteiger partial charge < -0.3 is 9.47 Å². The second-order valence-electron chi connectivity index (χ2n) is 6.79. The van der Waals surface area contributed by atoms with Gasteiger partial charge in [-0.05, 0) is 42.8 Å². The molecule has 3 aromatic carbocycles. The molecule has 0 spiro atoms. The molecule has 0 radical (unpaired) electrons. The lowest BCUT2D eigenvalue weighted by molar-refractivity contribution is 0.101. The molecule has 3 aromatic rings. The van der Waals surface area contributed by atoms with Gasteiger partial charge in [-0.25, -0.2) is 4.39 Å². The molecule has 0 amide bonds. The maximum absolute atomic E-state index is 14.0. The second kappa shape index (κ2) is 8.56. The highest BCUT2D eigenvalue weighted by molar-refractivity contribution is 6.31. The maximum Gasteiger partial charge on any atom is 0.231 e. The number of rotatable bonds is 5. The summed E-state index contributed by atoms with van der Waals surface area (Å²) in [6.07, 6.45) is 5.32. The van der Waals surface area contributed by atoms with E-state index in [4.69, 9.17) is 21.1 Å². The van der Waals surface area contributed by atoms with Gasteiger partial charge in [0.1, 0.15) is 23.9 Å². The van der Waals surface area contributed by atoms with Gasteiger partial charge in [-0.15, -0.1) is 0 Å². The van der Waals surface area contributed by atoms with E-state index in [0.717, 1.165) is 5.56 Å². The predicted molar refractivity (Wildman–Crippen MR) is 115 cm³/mol. The molecule has 1 aliphatic heterocycles. The smallest absolute Gasteiger partial charge is 0.231 e. The first kappa shape index (κ1) is 19.9. The Labute approximate surface area is 179 Å². The fourth-order valence-electron chi connectivity index (χ4n) is 3.17. The molecule has 0 fully saturated rings. The predicted octanol–water partition coefficient (Wildman–Crippen LogP) is 6.54. The van der Waals surface area contributed by atoms with Crippen molar-refractivity contribution in [2.75, 3.05) is 0 Å². The molecule has 0 saturated heterocycles. The number of ether oxygens (including phenoxy) is 2. The van der Waals surface area contributed by atoms with E-state index >= 15 is 0 Å². The summed E-state index contributed by atoms with van der Waals surface area (Å²) in [6.45, 7) is 1.77. The van der Waals surface area contributed by atoms with Gasteiger partial charge in [0.15, 0.2) is 5.76 Å². The van der Waals surface area contributed by atoms with Gasteiger partial charge >= 0.3 is 0 Å². The highest BCUT2D eigenvalue weighted by Crippen LogP contribution is 2.39. The third-order valence-electron chi connectivity index (χ3n) is 4.81. The van der Waals surface area contributed by atoms with Gasteiger partial charge in [0.2, 0.25) is 5.78 Å². The SMILES string of the molecule is Cc1c(OCc2c(F)cccc2Cl)ccc2c1O/C(=C\C=C\c1ccccc1)C2=O. The van der Waals surface area contributed by atoms with Crippen LogP contribution in [0.5, 0.6) is 11.5 Å². The van der Waals surface area contributed by atoms with Crippen molar-refractivity contribution in [2.24, 2.45) is 0 Å². The summed E-state index contributed by atoms with van der Waals surface area (Å²) in [5.41, 5.74) is 2.45. The molecule has 150 valence electrons. The van der Waals surface area contributed by atoms with Crippen molar-refractivity contribution in [3.8, 4) is 11.5 Å². The zero-order valence-electron chi connectivity index (χ0n) is 16.2. The van der Waals surface area contributed by atoms with Crippen molar-refractivity contribution in [3.05, 3.63) is 112 Å². The molecule has 0 bridgehead atoms. The van der Waals surface area contributed by atoms with Gasteiger partial charge in [0, 0.05) is 11.1 Å². The van der Waals surface area contributed by atoms with E-state index in [1.165, 1.54) is 6.07 Å². The fourth-order valence-corrected chi connectivity index (χ4v) is 3.39. The molecule has 30 heavy (non-hydrogen) atoms. The zero-order valence-corrected chi connectivity index (χ0v) is 16.9. The van der Waals surface area contributed by atoms with Crippen LogP contribution >= 0.6 is 11.6 Å². The molecule has 3 nitrogen and oxygen atoms in total. The van der Waals surface area contributed by atoms with E-state index in [-0.39, 0.29) is 23.7 Å². The Morgan fingerprint density at radius 1 is 1.07 bits per heavy atom. The number of hydrogen-bond donors (Lipinski definition) is 0. The molecule has 0 aromatic heterocycles. The Morgan fingerprint density at radius 2 is 1.87 bits per heavy atom. The van der Waals surface area contributed by atoms with Crippen LogP contribution in [0.25, 0.3) is 6.08 Å². The fraction of sp³-hybridized carbons (Fsp3) is 0.0800. The lowest BCUT2D eigenvalue weighted by atomic mass is 10.1. The summed E-state index contributed by atoms with van der Waals surface area (Å²) in [5.74, 6) is 0.589. The number of carbonyl (C=O) groups is 1. The summed E-state index contributed by atoms with van der Waals surface area (Å²) < 4.78 is 25.5. The molecule has 0 atom stereocenters. The number of benzene rings is 3. The van der Waals surface area contributed by atoms with Crippen LogP contribution in [0.1, 0.15) is 27.0 Å². The summed E-state index contributed by atoms with van der Waals surface area (Å²) in [6, 6.07) is 17.6. The first-order valence-corrected chi connectivity index (χ1v) is 9.77. The minimum absolute atomic E-state index is 0.0262. The van der Waals surface area contributed by atoms with E-state index in [9.17, 15) is 9.18 Å². The molecule has 0 aliphatic carbocycles. The molecule has 0 N–H and O–H groups in total. The van der Waals surface area contributed by atoms with Crippen LogP contribution in [0.15, 0.2) is 78.6 Å². The van der Waals surface area contributed by atoms with E-state index in [2.05, 4.69) is 0 Å². The molecular formula is C25H18ClFO3. The van der Waals surface area contributed by atoms with Gasteiger partial charge in [0.05, 0.1) is 10.6 Å². The number of ketones is 1. The van der Waals surface area contributed by atoms with Crippen molar-refractivity contribution in [1.82, 2.24) is 0 Å². The molecule has 0 unspecified atom stereocenters. The van der Waals surface area contributed by atoms with Gasteiger partial charge in [-0.3, -0.25) is 4.79 Å². The highest BCUT2D eigenvalue weighted by Gasteiger charge is 2.29. The van der Waals surface area contributed by atoms with Crippen LogP contribution in [0.3, 0.4) is 0 Å². The minimum Gasteiger partial charge on any atom is -0.488 e. The summed E-state index contributed by atoms with van der Waals surface area (Å²) in [4.78, 5) is 12.6. The van der Waals surface area contributed by atoms with Crippen molar-refractivity contribution >= 4 is 23.5 Å². The molecule has 4 rings (SSSR count). The third kappa shape index (κ3) is 4.00. The lowest BCUT2D eigenvalue weighted by Gasteiger charge is -2.12. The van der Waals surface area contributed by atoms with Gasteiger partial charge in [-0.1, -0.05) is 60.2 Å². The first-order chi connectivity index (χ1) is 14.5. The number of hydrogen-bond acceptors (Lipinski definition) is 3. The normalized spacial score (nSPS) is 14.2. The van der Waals surface area contributed by atoms with E-state index in [1.807, 2.05) is 36.4 Å². The highest BCUT2D eigenvalue weighted by atomic mass is 35.5. The van der Waals surface area contributed by atoms with Crippen molar-refractivity contribution in [1.29, 1.82) is 0 Å². The largest absolute Gasteiger partial charge is 0.488 e. The quantitative estimate of drug-likeness (QED) is 0.439. The Hall–Kier alpha value is -3.37. The van der Waals surface area contributed by atoms with Gasteiger partial charge in [-0.2, -0.15) is 0 Å². The first-order valence-electron chi connectivity index (χ1n) is 9.40. The standard InChI is InChI=1S/C25H18ClFO3/c1-16-22(29-15-19-20(26)10-6-11-21(19)27)14-13-18-24(28)23(30-25(16)18)12-5-9-17-7-3-2-4-8-17/h2-14H,15H2,1H3/b9-5+,23-12-. The average molecular weight is 421 g/mol. The second-order valence-corrected chi connectivity index (χ2v) is 7.19. The van der Waals surface area contributed by atoms with Crippen LogP contribution in [0, 0.1) is 12.7 Å². The third-order valence-corrected chi connectivity index (χ3v) is 5.16. The summed E-state index contributed by atoms with van der Waals surface area (Å²) in [5, 5.41) is 0.302. The lowest BCUT2D eigenvalue weighted by Crippen LogP contribution is -2.01. The van der Waals surface area contributed by atoms with E-state index in [0.29, 0.717) is 27.6 Å². The average Bonchev–Trinajstić information content (AvgIpc) is 3.06. The summed E-state index contributed by atoms with van der Waals surface area (Å²) >= 11 is 6.06. The molecule has 1 heterocycles. The van der Waals surface area contributed by atoms with Gasteiger partial charge in [0.25, 0.3) is 0 Å². The minimum atomic E-state index is -0.428. The number of halogens is 2. The monoisotopic (exact) mass is 420 g/mol. The zero-order chi connectivity index (χ0) is 21.1. The Kier molecular flexibility index (Phi) is 5.68.